The van der Waals surface area contributed by atoms with Crippen molar-refractivity contribution in [3.05, 3.63) is 52.3 Å². The Balaban J connectivity index is 2.14. The highest BCUT2D eigenvalue weighted by Crippen LogP contribution is 2.25. The summed E-state index contributed by atoms with van der Waals surface area (Å²) in [6.07, 6.45) is 0. The number of aryl methyl sites for hydroxylation is 1. The van der Waals surface area contributed by atoms with Gasteiger partial charge in [0.25, 0.3) is 0 Å². The third-order valence-corrected chi connectivity index (χ3v) is 3.92. The van der Waals surface area contributed by atoms with Gasteiger partial charge in [-0.3, -0.25) is 0 Å². The predicted octanol–water partition coefficient (Wildman–Crippen LogP) is 3.12. The van der Waals surface area contributed by atoms with E-state index in [9.17, 15) is 4.39 Å². The molecule has 0 aliphatic rings. The summed E-state index contributed by atoms with van der Waals surface area (Å²) in [7, 11) is 0. The summed E-state index contributed by atoms with van der Waals surface area (Å²) < 4.78 is 16.1. The Morgan fingerprint density at radius 1 is 1.19 bits per heavy atom. The molecule has 3 rings (SSSR count). The van der Waals surface area contributed by atoms with Crippen LogP contribution < -0.4 is 5.73 Å². The highest BCUT2D eigenvalue weighted by atomic mass is 79.9. The number of halogens is 2. The quantitative estimate of drug-likeness (QED) is 0.723. The van der Waals surface area contributed by atoms with Gasteiger partial charge in [0.1, 0.15) is 5.82 Å². The van der Waals surface area contributed by atoms with Crippen molar-refractivity contribution in [1.82, 2.24) is 20.2 Å². The zero-order valence-corrected chi connectivity index (χ0v) is 12.7. The summed E-state index contributed by atoms with van der Waals surface area (Å²) in [6, 6.07) is 9.96. The number of anilines is 1. The van der Waals surface area contributed by atoms with Crippen molar-refractivity contribution in [3.8, 4) is 17.1 Å². The van der Waals surface area contributed by atoms with Crippen LogP contribution in [0.2, 0.25) is 0 Å². The number of hydrogen-bond donors (Lipinski definition) is 1. The summed E-state index contributed by atoms with van der Waals surface area (Å²) >= 11 is 3.45. The van der Waals surface area contributed by atoms with Crippen LogP contribution in [-0.2, 0) is 0 Å². The van der Waals surface area contributed by atoms with Crippen molar-refractivity contribution in [1.29, 1.82) is 0 Å². The highest BCUT2D eigenvalue weighted by Gasteiger charge is 2.13. The minimum atomic E-state index is -0.425. The molecule has 0 bridgehead atoms. The van der Waals surface area contributed by atoms with E-state index in [1.165, 1.54) is 12.1 Å². The molecule has 0 amide bonds. The molecule has 0 unspecified atom stereocenters. The average Bonchev–Trinajstić information content (AvgIpc) is 2.90. The molecule has 3 aromatic rings. The van der Waals surface area contributed by atoms with Crippen molar-refractivity contribution in [3.63, 3.8) is 0 Å². The Kier molecular flexibility index (Phi) is 3.42. The number of rotatable bonds is 2. The van der Waals surface area contributed by atoms with E-state index in [4.69, 9.17) is 5.73 Å². The second kappa shape index (κ2) is 5.25. The second-order valence-corrected chi connectivity index (χ2v) is 5.48. The van der Waals surface area contributed by atoms with Gasteiger partial charge in [0.2, 0.25) is 0 Å². The Bertz CT molecular complexity index is 795. The smallest absolute Gasteiger partial charge is 0.187 e. The number of nitrogens with two attached hydrogens (primary N) is 1. The van der Waals surface area contributed by atoms with Gasteiger partial charge in [-0.1, -0.05) is 15.9 Å². The SMILES string of the molecule is Cc1cc(-n2nnnc2-c2cc(N)cc(F)c2)ccc1Br. The Morgan fingerprint density at radius 2 is 2.00 bits per heavy atom. The van der Waals surface area contributed by atoms with Crippen LogP contribution in [0.15, 0.2) is 40.9 Å². The molecular formula is C14H11BrFN5. The van der Waals surface area contributed by atoms with Gasteiger partial charge in [0.05, 0.1) is 5.69 Å². The zero-order valence-electron chi connectivity index (χ0n) is 11.1. The van der Waals surface area contributed by atoms with Crippen LogP contribution in [0.3, 0.4) is 0 Å². The lowest BCUT2D eigenvalue weighted by Crippen LogP contribution is -2.01. The van der Waals surface area contributed by atoms with Crippen LogP contribution in [0.5, 0.6) is 0 Å². The van der Waals surface area contributed by atoms with Gasteiger partial charge >= 0.3 is 0 Å². The topological polar surface area (TPSA) is 69.6 Å². The molecule has 2 aromatic carbocycles. The van der Waals surface area contributed by atoms with Gasteiger partial charge in [-0.25, -0.2) is 4.39 Å². The molecule has 0 saturated carbocycles. The second-order valence-electron chi connectivity index (χ2n) is 4.62. The molecule has 106 valence electrons. The van der Waals surface area contributed by atoms with Gasteiger partial charge in [0, 0.05) is 15.7 Å². The first-order valence-corrected chi connectivity index (χ1v) is 6.95. The molecule has 1 heterocycles. The molecule has 0 spiro atoms. The third kappa shape index (κ3) is 2.64. The van der Waals surface area contributed by atoms with Crippen LogP contribution in [0.25, 0.3) is 17.1 Å². The van der Waals surface area contributed by atoms with E-state index < -0.39 is 5.82 Å². The average molecular weight is 348 g/mol. The monoisotopic (exact) mass is 347 g/mol. The molecule has 2 N–H and O–H groups in total. The number of benzene rings is 2. The maximum atomic E-state index is 13.5. The van der Waals surface area contributed by atoms with Gasteiger partial charge < -0.3 is 5.73 Å². The van der Waals surface area contributed by atoms with E-state index >= 15 is 0 Å². The van der Waals surface area contributed by atoms with E-state index in [0.29, 0.717) is 17.1 Å². The molecule has 1 aromatic heterocycles. The fourth-order valence-corrected chi connectivity index (χ4v) is 2.29. The Morgan fingerprint density at radius 3 is 2.71 bits per heavy atom. The molecule has 21 heavy (non-hydrogen) atoms. The van der Waals surface area contributed by atoms with Crippen molar-refractivity contribution < 1.29 is 4.39 Å². The predicted molar refractivity (Wildman–Crippen MR) is 81.4 cm³/mol. The minimum absolute atomic E-state index is 0.325. The van der Waals surface area contributed by atoms with E-state index in [0.717, 1.165) is 15.7 Å². The maximum Gasteiger partial charge on any atom is 0.187 e. The van der Waals surface area contributed by atoms with Crippen LogP contribution in [0.1, 0.15) is 5.56 Å². The third-order valence-electron chi connectivity index (χ3n) is 3.03. The molecule has 0 fully saturated rings. The fraction of sp³-hybridized carbons (Fsp3) is 0.0714. The van der Waals surface area contributed by atoms with Gasteiger partial charge in [-0.2, -0.15) is 4.68 Å². The van der Waals surface area contributed by atoms with E-state index in [2.05, 4.69) is 31.5 Å². The Hall–Kier alpha value is -2.28. The molecule has 0 radical (unpaired) electrons. The lowest BCUT2D eigenvalue weighted by Gasteiger charge is -2.07. The molecule has 0 saturated heterocycles. The molecule has 5 nitrogen and oxygen atoms in total. The normalized spacial score (nSPS) is 10.8. The molecule has 0 atom stereocenters. The van der Waals surface area contributed by atoms with Gasteiger partial charge in [-0.05, 0) is 59.3 Å². The Labute approximate surface area is 128 Å². The lowest BCUT2D eigenvalue weighted by molar-refractivity contribution is 0.628. The van der Waals surface area contributed by atoms with Crippen molar-refractivity contribution >= 4 is 21.6 Å². The molecular weight excluding hydrogens is 337 g/mol. The van der Waals surface area contributed by atoms with Crippen LogP contribution in [0.4, 0.5) is 10.1 Å². The van der Waals surface area contributed by atoms with Crippen molar-refractivity contribution in [2.24, 2.45) is 0 Å². The van der Waals surface area contributed by atoms with Crippen molar-refractivity contribution in [2.45, 2.75) is 6.92 Å². The van der Waals surface area contributed by atoms with Crippen LogP contribution >= 0.6 is 15.9 Å². The number of tetrazole rings is 1. The number of nitrogen functional groups attached to an aromatic ring is 1. The van der Waals surface area contributed by atoms with Crippen LogP contribution in [0, 0.1) is 12.7 Å². The van der Waals surface area contributed by atoms with Gasteiger partial charge in [0.15, 0.2) is 5.82 Å². The van der Waals surface area contributed by atoms with E-state index in [1.54, 1.807) is 10.7 Å². The summed E-state index contributed by atoms with van der Waals surface area (Å²) in [5, 5.41) is 11.6. The minimum Gasteiger partial charge on any atom is -0.399 e. The highest BCUT2D eigenvalue weighted by molar-refractivity contribution is 9.10. The fourth-order valence-electron chi connectivity index (χ4n) is 2.04. The lowest BCUT2D eigenvalue weighted by atomic mass is 10.1. The standard InChI is InChI=1S/C14H11BrFN5/c1-8-4-12(2-3-13(8)15)21-14(18-19-20-21)9-5-10(16)7-11(17)6-9/h2-7H,17H2,1H3. The van der Waals surface area contributed by atoms with Gasteiger partial charge in [-0.15, -0.1) is 5.10 Å². The molecule has 0 aliphatic carbocycles. The summed E-state index contributed by atoms with van der Waals surface area (Å²) in [6.45, 7) is 1.97. The number of aromatic nitrogens is 4. The first-order chi connectivity index (χ1) is 10.0. The number of nitrogens with zero attached hydrogens (tertiary/aromatic N) is 4. The summed E-state index contributed by atoms with van der Waals surface area (Å²) in [5.41, 5.74) is 8.36. The van der Waals surface area contributed by atoms with E-state index in [-0.39, 0.29) is 0 Å². The van der Waals surface area contributed by atoms with Crippen molar-refractivity contribution in [2.75, 3.05) is 5.73 Å². The largest absolute Gasteiger partial charge is 0.399 e. The van der Waals surface area contributed by atoms with Crippen LogP contribution in [-0.4, -0.2) is 20.2 Å². The van der Waals surface area contributed by atoms with E-state index in [1.807, 2.05) is 25.1 Å². The maximum absolute atomic E-state index is 13.5. The zero-order chi connectivity index (χ0) is 15.0. The first-order valence-electron chi connectivity index (χ1n) is 6.16. The first kappa shape index (κ1) is 13.7. The summed E-state index contributed by atoms with van der Waals surface area (Å²) in [5.74, 6) is 0.00876. The molecule has 7 heteroatoms. The molecule has 0 aliphatic heterocycles. The summed E-state index contributed by atoms with van der Waals surface area (Å²) in [4.78, 5) is 0. The number of hydrogen-bond acceptors (Lipinski definition) is 4.